The number of carbonyl (C=O) groups is 2. The summed E-state index contributed by atoms with van der Waals surface area (Å²) in [5.41, 5.74) is 0. The van der Waals surface area contributed by atoms with Crippen molar-refractivity contribution in [2.75, 3.05) is 39.3 Å². The van der Waals surface area contributed by atoms with Gasteiger partial charge in [-0.1, -0.05) is 6.92 Å². The highest BCUT2D eigenvalue weighted by atomic mass is 16.4. The number of hydrogen-bond acceptors (Lipinski definition) is 3. The maximum absolute atomic E-state index is 11.9. The van der Waals surface area contributed by atoms with E-state index < -0.39 is 5.97 Å². The number of rotatable bonds is 8. The molecule has 116 valence electrons. The van der Waals surface area contributed by atoms with Crippen molar-refractivity contribution in [2.45, 2.75) is 33.1 Å². The predicted molar refractivity (Wildman–Crippen MR) is 77.7 cm³/mol. The summed E-state index contributed by atoms with van der Waals surface area (Å²) in [5.74, 6) is -0.464. The number of hydrogen-bond donors (Lipinski definition) is 2. The second-order valence-electron chi connectivity index (χ2n) is 5.52. The Bertz CT molecular complexity index is 317. The van der Waals surface area contributed by atoms with Gasteiger partial charge in [-0.2, -0.15) is 0 Å². The van der Waals surface area contributed by atoms with Crippen molar-refractivity contribution in [1.29, 1.82) is 0 Å². The quantitative estimate of drug-likeness (QED) is 0.703. The summed E-state index contributed by atoms with van der Waals surface area (Å²) in [4.78, 5) is 26.4. The van der Waals surface area contributed by atoms with E-state index in [1.165, 1.54) is 17.7 Å². The average Bonchev–Trinajstić information content (AvgIpc) is 2.89. The van der Waals surface area contributed by atoms with Gasteiger partial charge >= 0.3 is 12.0 Å². The van der Waals surface area contributed by atoms with Crippen LogP contribution >= 0.6 is 0 Å². The van der Waals surface area contributed by atoms with Gasteiger partial charge < -0.3 is 20.2 Å². The average molecular weight is 285 g/mol. The topological polar surface area (TPSA) is 72.9 Å². The molecule has 0 aromatic heterocycles. The normalized spacial score (nSPS) is 16.9. The van der Waals surface area contributed by atoms with Crippen LogP contribution in [0.15, 0.2) is 0 Å². The molecule has 0 aromatic rings. The van der Waals surface area contributed by atoms with E-state index in [1.54, 1.807) is 0 Å². The van der Waals surface area contributed by atoms with Crippen LogP contribution in [-0.4, -0.2) is 66.2 Å². The third kappa shape index (κ3) is 6.23. The summed E-state index contributed by atoms with van der Waals surface area (Å²) in [6, 6.07) is -0.165. The minimum Gasteiger partial charge on any atom is -0.481 e. The van der Waals surface area contributed by atoms with E-state index in [0.29, 0.717) is 19.0 Å². The number of amides is 2. The fourth-order valence-electron chi connectivity index (χ4n) is 2.48. The molecular weight excluding hydrogens is 258 g/mol. The van der Waals surface area contributed by atoms with Gasteiger partial charge in [-0.15, -0.1) is 0 Å². The van der Waals surface area contributed by atoms with Crippen LogP contribution in [0.4, 0.5) is 4.79 Å². The molecule has 1 heterocycles. The van der Waals surface area contributed by atoms with Gasteiger partial charge in [0.25, 0.3) is 0 Å². The Labute approximate surface area is 121 Å². The number of carbonyl (C=O) groups excluding carboxylic acids is 1. The zero-order chi connectivity index (χ0) is 15.0. The van der Waals surface area contributed by atoms with Crippen LogP contribution in [0.2, 0.25) is 0 Å². The number of aliphatic carboxylic acids is 1. The van der Waals surface area contributed by atoms with Crippen LogP contribution in [-0.2, 0) is 4.79 Å². The summed E-state index contributed by atoms with van der Waals surface area (Å²) < 4.78 is 0. The smallest absolute Gasteiger partial charge is 0.317 e. The predicted octanol–water partition coefficient (Wildman–Crippen LogP) is 1.22. The SMILES string of the molecule is CCN(CCC(=O)O)C(=O)NCC(C)CN1CCCC1. The first kappa shape index (κ1) is 16.8. The third-order valence-electron chi connectivity index (χ3n) is 3.63. The van der Waals surface area contributed by atoms with Crippen molar-refractivity contribution in [2.24, 2.45) is 5.92 Å². The van der Waals surface area contributed by atoms with E-state index >= 15 is 0 Å². The molecule has 20 heavy (non-hydrogen) atoms. The van der Waals surface area contributed by atoms with Gasteiger partial charge in [-0.25, -0.2) is 4.79 Å². The lowest BCUT2D eigenvalue weighted by Gasteiger charge is -2.24. The Kier molecular flexibility index (Phi) is 7.36. The van der Waals surface area contributed by atoms with E-state index in [1.807, 2.05) is 6.92 Å². The summed E-state index contributed by atoms with van der Waals surface area (Å²) in [7, 11) is 0. The molecule has 1 saturated heterocycles. The Morgan fingerprint density at radius 2 is 2.00 bits per heavy atom. The monoisotopic (exact) mass is 285 g/mol. The Morgan fingerprint density at radius 3 is 2.55 bits per heavy atom. The molecular formula is C14H27N3O3. The van der Waals surface area contributed by atoms with Crippen molar-refractivity contribution < 1.29 is 14.7 Å². The van der Waals surface area contributed by atoms with Crippen LogP contribution in [0.1, 0.15) is 33.1 Å². The Balaban J connectivity index is 2.23. The molecule has 6 heteroatoms. The maximum atomic E-state index is 11.9. The van der Waals surface area contributed by atoms with Crippen LogP contribution in [0, 0.1) is 5.92 Å². The molecule has 1 fully saturated rings. The largest absolute Gasteiger partial charge is 0.481 e. The van der Waals surface area contributed by atoms with Crippen molar-refractivity contribution in [1.82, 2.24) is 15.1 Å². The van der Waals surface area contributed by atoms with E-state index in [9.17, 15) is 9.59 Å². The van der Waals surface area contributed by atoms with Crippen molar-refractivity contribution >= 4 is 12.0 Å². The molecule has 0 saturated carbocycles. The first-order chi connectivity index (χ1) is 9.52. The Morgan fingerprint density at radius 1 is 1.35 bits per heavy atom. The molecule has 2 amide bonds. The van der Waals surface area contributed by atoms with Gasteiger partial charge in [0, 0.05) is 26.2 Å². The number of urea groups is 1. The lowest BCUT2D eigenvalue weighted by molar-refractivity contribution is -0.137. The van der Waals surface area contributed by atoms with Crippen molar-refractivity contribution in [3.8, 4) is 0 Å². The van der Waals surface area contributed by atoms with Crippen LogP contribution in [0.3, 0.4) is 0 Å². The Hall–Kier alpha value is -1.30. The lowest BCUT2D eigenvalue weighted by Crippen LogP contribution is -2.43. The molecule has 0 aromatic carbocycles. The van der Waals surface area contributed by atoms with Gasteiger partial charge in [-0.3, -0.25) is 4.79 Å². The highest BCUT2D eigenvalue weighted by Gasteiger charge is 2.17. The third-order valence-corrected chi connectivity index (χ3v) is 3.63. The molecule has 1 aliphatic heterocycles. The molecule has 1 atom stereocenters. The summed E-state index contributed by atoms with van der Waals surface area (Å²) in [6.45, 7) is 8.76. The summed E-state index contributed by atoms with van der Waals surface area (Å²) in [6.07, 6.45) is 2.54. The van der Waals surface area contributed by atoms with E-state index in [2.05, 4.69) is 17.1 Å². The van der Waals surface area contributed by atoms with Crippen molar-refractivity contribution in [3.63, 3.8) is 0 Å². The zero-order valence-electron chi connectivity index (χ0n) is 12.6. The molecule has 1 rings (SSSR count). The van der Waals surface area contributed by atoms with Crippen LogP contribution in [0.25, 0.3) is 0 Å². The minimum absolute atomic E-state index is 0.00933. The highest BCUT2D eigenvalue weighted by molar-refractivity contribution is 5.75. The fraction of sp³-hybridized carbons (Fsp3) is 0.857. The van der Waals surface area contributed by atoms with Gasteiger partial charge in [0.2, 0.25) is 0 Å². The fourth-order valence-corrected chi connectivity index (χ4v) is 2.48. The second-order valence-corrected chi connectivity index (χ2v) is 5.52. The van der Waals surface area contributed by atoms with Crippen LogP contribution in [0.5, 0.6) is 0 Å². The van der Waals surface area contributed by atoms with Crippen molar-refractivity contribution in [3.05, 3.63) is 0 Å². The lowest BCUT2D eigenvalue weighted by atomic mass is 10.1. The standard InChI is InChI=1S/C14H27N3O3/c1-3-17(9-6-13(18)19)14(20)15-10-12(2)11-16-7-4-5-8-16/h12H,3-11H2,1-2H3,(H,15,20)(H,18,19). The molecule has 0 aliphatic carbocycles. The first-order valence-corrected chi connectivity index (χ1v) is 7.49. The minimum atomic E-state index is -0.876. The molecule has 0 bridgehead atoms. The van der Waals surface area contributed by atoms with Crippen LogP contribution < -0.4 is 5.32 Å². The molecule has 6 nitrogen and oxygen atoms in total. The maximum Gasteiger partial charge on any atom is 0.317 e. The first-order valence-electron chi connectivity index (χ1n) is 7.49. The van der Waals surface area contributed by atoms with Gasteiger partial charge in [0.15, 0.2) is 0 Å². The number of carboxylic acid groups (broad SMARTS) is 1. The van der Waals surface area contributed by atoms with Gasteiger partial charge in [0.1, 0.15) is 0 Å². The molecule has 0 radical (unpaired) electrons. The summed E-state index contributed by atoms with van der Waals surface area (Å²) >= 11 is 0. The molecule has 2 N–H and O–H groups in total. The molecule has 0 spiro atoms. The molecule has 1 aliphatic rings. The van der Waals surface area contributed by atoms with E-state index in [4.69, 9.17) is 5.11 Å². The number of nitrogens with zero attached hydrogens (tertiary/aromatic N) is 2. The second kappa shape index (κ2) is 8.79. The number of carboxylic acids is 1. The van der Waals surface area contributed by atoms with Gasteiger partial charge in [-0.05, 0) is 38.8 Å². The zero-order valence-corrected chi connectivity index (χ0v) is 12.6. The van der Waals surface area contributed by atoms with E-state index in [-0.39, 0.29) is 19.0 Å². The highest BCUT2D eigenvalue weighted by Crippen LogP contribution is 2.09. The summed E-state index contributed by atoms with van der Waals surface area (Å²) in [5, 5.41) is 11.6. The van der Waals surface area contributed by atoms with Gasteiger partial charge in [0.05, 0.1) is 6.42 Å². The number of nitrogens with one attached hydrogen (secondary N) is 1. The molecule has 1 unspecified atom stereocenters. The number of likely N-dealkylation sites (tertiary alicyclic amines) is 1. The van der Waals surface area contributed by atoms with E-state index in [0.717, 1.165) is 19.6 Å².